The van der Waals surface area contributed by atoms with Crippen LogP contribution in [0.3, 0.4) is 0 Å². The fourth-order valence-corrected chi connectivity index (χ4v) is 2.83. The molecule has 1 unspecified atom stereocenters. The van der Waals surface area contributed by atoms with Crippen molar-refractivity contribution in [2.45, 2.75) is 58.8 Å². The number of hydrogen-bond donors (Lipinski definition) is 2. The van der Waals surface area contributed by atoms with Gasteiger partial charge in [0.2, 0.25) is 5.91 Å². The topological polar surface area (TPSA) is 97.0 Å². The number of nitrogens with zero attached hydrogens (tertiary/aromatic N) is 1. The van der Waals surface area contributed by atoms with Crippen LogP contribution in [0.25, 0.3) is 0 Å². The van der Waals surface area contributed by atoms with Gasteiger partial charge in [-0.15, -0.1) is 0 Å². The molecular formula is C21H30FN3O5. The van der Waals surface area contributed by atoms with Crippen molar-refractivity contribution in [1.82, 2.24) is 10.2 Å². The summed E-state index contributed by atoms with van der Waals surface area (Å²) in [6.07, 6.45) is -1.88. The summed E-state index contributed by atoms with van der Waals surface area (Å²) in [5.41, 5.74) is -1.58. The molecule has 1 aliphatic heterocycles. The van der Waals surface area contributed by atoms with Crippen LogP contribution < -0.4 is 10.6 Å². The van der Waals surface area contributed by atoms with Gasteiger partial charge in [-0.1, -0.05) is 19.9 Å². The molecule has 1 atom stereocenters. The van der Waals surface area contributed by atoms with E-state index in [1.165, 1.54) is 29.2 Å². The van der Waals surface area contributed by atoms with Gasteiger partial charge in [0.1, 0.15) is 23.1 Å². The first-order valence-corrected chi connectivity index (χ1v) is 9.84. The number of carbonyl (C=O) groups excluding carboxylic acids is 3. The molecule has 3 amide bonds. The Morgan fingerprint density at radius 1 is 1.13 bits per heavy atom. The lowest BCUT2D eigenvalue weighted by Gasteiger charge is -2.44. The number of anilines is 1. The van der Waals surface area contributed by atoms with Crippen LogP contribution in [-0.4, -0.2) is 53.3 Å². The van der Waals surface area contributed by atoms with Crippen molar-refractivity contribution < 1.29 is 28.2 Å². The van der Waals surface area contributed by atoms with E-state index >= 15 is 0 Å². The number of amides is 3. The predicted molar refractivity (Wildman–Crippen MR) is 109 cm³/mol. The Morgan fingerprint density at radius 3 is 2.30 bits per heavy atom. The standard InChI is InChI=1S/C21H30FN3O5/c1-13(2)21(6,24-19(28)30-20(3,4)5)17(26)25-11-16(12-25)29-18(27)23-15-9-7-8-14(22)10-15/h7-10,13,16H,11-12H2,1-6H3,(H,23,27)(H,24,28). The van der Waals surface area contributed by atoms with Crippen molar-refractivity contribution in [1.29, 1.82) is 0 Å². The third kappa shape index (κ3) is 6.08. The minimum Gasteiger partial charge on any atom is -0.444 e. The molecular weight excluding hydrogens is 393 g/mol. The molecule has 8 nitrogen and oxygen atoms in total. The number of alkyl carbamates (subject to hydrolysis) is 1. The molecule has 9 heteroatoms. The van der Waals surface area contributed by atoms with Crippen LogP contribution in [0.2, 0.25) is 0 Å². The largest absolute Gasteiger partial charge is 0.444 e. The second-order valence-electron chi connectivity index (χ2n) is 8.86. The highest BCUT2D eigenvalue weighted by Crippen LogP contribution is 2.25. The molecule has 0 aliphatic carbocycles. The predicted octanol–water partition coefficient (Wildman–Crippen LogP) is 3.52. The fourth-order valence-electron chi connectivity index (χ4n) is 2.83. The van der Waals surface area contributed by atoms with Crippen molar-refractivity contribution in [3.05, 3.63) is 30.1 Å². The Bertz CT molecular complexity index is 802. The molecule has 2 rings (SSSR count). The van der Waals surface area contributed by atoms with Crippen molar-refractivity contribution in [2.75, 3.05) is 18.4 Å². The van der Waals surface area contributed by atoms with Crippen molar-refractivity contribution >= 4 is 23.8 Å². The van der Waals surface area contributed by atoms with E-state index in [4.69, 9.17) is 9.47 Å². The molecule has 0 aromatic heterocycles. The molecule has 0 saturated carbocycles. The first-order chi connectivity index (χ1) is 13.8. The molecule has 0 radical (unpaired) electrons. The van der Waals surface area contributed by atoms with Crippen LogP contribution in [0.4, 0.5) is 19.7 Å². The Hall–Kier alpha value is -2.84. The first-order valence-electron chi connectivity index (χ1n) is 9.84. The maximum atomic E-state index is 13.2. The van der Waals surface area contributed by atoms with Gasteiger partial charge in [0.05, 0.1) is 13.1 Å². The van der Waals surface area contributed by atoms with Crippen LogP contribution in [-0.2, 0) is 14.3 Å². The monoisotopic (exact) mass is 423 g/mol. The number of carbonyl (C=O) groups is 3. The maximum Gasteiger partial charge on any atom is 0.412 e. The highest BCUT2D eigenvalue weighted by Gasteiger charge is 2.46. The van der Waals surface area contributed by atoms with Crippen LogP contribution in [0.1, 0.15) is 41.5 Å². The molecule has 0 bridgehead atoms. The number of benzene rings is 1. The van der Waals surface area contributed by atoms with Gasteiger partial charge in [-0.3, -0.25) is 10.1 Å². The van der Waals surface area contributed by atoms with E-state index in [1.807, 2.05) is 13.8 Å². The van der Waals surface area contributed by atoms with Gasteiger partial charge in [-0.05, 0) is 51.8 Å². The van der Waals surface area contributed by atoms with Gasteiger partial charge < -0.3 is 19.7 Å². The number of rotatable bonds is 5. The maximum absolute atomic E-state index is 13.2. The first kappa shape index (κ1) is 23.4. The zero-order chi connectivity index (χ0) is 22.7. The summed E-state index contributed by atoms with van der Waals surface area (Å²) in [6.45, 7) is 10.9. The van der Waals surface area contributed by atoms with Gasteiger partial charge in [-0.2, -0.15) is 0 Å². The van der Waals surface area contributed by atoms with E-state index in [1.54, 1.807) is 27.7 Å². The van der Waals surface area contributed by atoms with E-state index < -0.39 is 35.2 Å². The summed E-state index contributed by atoms with van der Waals surface area (Å²) in [4.78, 5) is 38.7. The average molecular weight is 423 g/mol. The molecule has 2 N–H and O–H groups in total. The molecule has 30 heavy (non-hydrogen) atoms. The van der Waals surface area contributed by atoms with E-state index in [0.717, 1.165) is 0 Å². The SMILES string of the molecule is CC(C)C(C)(NC(=O)OC(C)(C)C)C(=O)N1CC(OC(=O)Nc2cccc(F)c2)C1. The molecule has 1 aromatic rings. The van der Waals surface area contributed by atoms with E-state index in [0.29, 0.717) is 0 Å². The molecule has 0 spiro atoms. The Kier molecular flexibility index (Phi) is 6.95. The summed E-state index contributed by atoms with van der Waals surface area (Å²) in [5, 5.41) is 5.13. The highest BCUT2D eigenvalue weighted by atomic mass is 19.1. The van der Waals surface area contributed by atoms with Crippen molar-refractivity contribution in [2.24, 2.45) is 5.92 Å². The zero-order valence-electron chi connectivity index (χ0n) is 18.2. The van der Waals surface area contributed by atoms with Crippen LogP contribution in [0.15, 0.2) is 24.3 Å². The van der Waals surface area contributed by atoms with Crippen LogP contribution in [0.5, 0.6) is 0 Å². The van der Waals surface area contributed by atoms with Gasteiger partial charge >= 0.3 is 12.2 Å². The van der Waals surface area contributed by atoms with Crippen molar-refractivity contribution in [3.8, 4) is 0 Å². The Labute approximate surface area is 176 Å². The summed E-state index contributed by atoms with van der Waals surface area (Å²) < 4.78 is 23.7. The number of halogens is 1. The van der Waals surface area contributed by atoms with E-state index in [9.17, 15) is 18.8 Å². The molecule has 1 aliphatic rings. The molecule has 166 valence electrons. The average Bonchev–Trinajstić information content (AvgIpc) is 2.55. The molecule has 1 saturated heterocycles. The molecule has 1 aromatic carbocycles. The second kappa shape index (κ2) is 8.89. The smallest absolute Gasteiger partial charge is 0.412 e. The lowest BCUT2D eigenvalue weighted by molar-refractivity contribution is -0.149. The second-order valence-corrected chi connectivity index (χ2v) is 8.86. The number of likely N-dealkylation sites (tertiary alicyclic amines) is 1. The fraction of sp³-hybridized carbons (Fsp3) is 0.571. The van der Waals surface area contributed by atoms with E-state index in [-0.39, 0.29) is 30.6 Å². The van der Waals surface area contributed by atoms with E-state index in [2.05, 4.69) is 10.6 Å². The lowest BCUT2D eigenvalue weighted by atomic mass is 9.86. The quantitative estimate of drug-likeness (QED) is 0.755. The summed E-state index contributed by atoms with van der Waals surface area (Å²) >= 11 is 0. The van der Waals surface area contributed by atoms with Crippen LogP contribution >= 0.6 is 0 Å². The van der Waals surface area contributed by atoms with Crippen molar-refractivity contribution in [3.63, 3.8) is 0 Å². The van der Waals surface area contributed by atoms with Gasteiger partial charge in [0.15, 0.2) is 0 Å². The molecule has 1 heterocycles. The number of nitrogens with one attached hydrogen (secondary N) is 2. The number of ether oxygens (including phenoxy) is 2. The summed E-state index contributed by atoms with van der Waals surface area (Å²) in [5.74, 6) is -0.957. The zero-order valence-corrected chi connectivity index (χ0v) is 18.2. The summed E-state index contributed by atoms with van der Waals surface area (Å²) in [7, 11) is 0. The lowest BCUT2D eigenvalue weighted by Crippen LogP contribution is -2.67. The Balaban J connectivity index is 1.89. The minimum atomic E-state index is -1.17. The van der Waals surface area contributed by atoms with Gasteiger partial charge in [-0.25, -0.2) is 14.0 Å². The normalized spacial score (nSPS) is 16.3. The van der Waals surface area contributed by atoms with Crippen LogP contribution in [0, 0.1) is 11.7 Å². The highest BCUT2D eigenvalue weighted by molar-refractivity contribution is 5.91. The van der Waals surface area contributed by atoms with Gasteiger partial charge in [0.25, 0.3) is 0 Å². The summed E-state index contributed by atoms with van der Waals surface area (Å²) in [6, 6.07) is 5.45. The third-order valence-corrected chi connectivity index (χ3v) is 4.84. The minimum absolute atomic E-state index is 0.200. The third-order valence-electron chi connectivity index (χ3n) is 4.84. The number of hydrogen-bond acceptors (Lipinski definition) is 5. The van der Waals surface area contributed by atoms with Gasteiger partial charge in [0, 0.05) is 5.69 Å². The molecule has 1 fully saturated rings. The Morgan fingerprint density at radius 2 is 1.77 bits per heavy atom.